The molecule has 0 spiro atoms. The van der Waals surface area contributed by atoms with Crippen molar-refractivity contribution in [3.05, 3.63) is 35.1 Å². The van der Waals surface area contributed by atoms with Gasteiger partial charge >= 0.3 is 0 Å². The number of rotatable bonds is 5. The van der Waals surface area contributed by atoms with Crippen LogP contribution < -0.4 is 5.73 Å². The Bertz CT molecular complexity index is 392. The molecule has 0 amide bonds. The number of hydrogen-bond donors (Lipinski definition) is 1. The number of benzene rings is 1. The van der Waals surface area contributed by atoms with Crippen LogP contribution in [0.5, 0.6) is 0 Å². The van der Waals surface area contributed by atoms with Crippen LogP contribution in [0.15, 0.2) is 18.2 Å². The van der Waals surface area contributed by atoms with Crippen molar-refractivity contribution in [2.45, 2.75) is 26.4 Å². The van der Waals surface area contributed by atoms with Gasteiger partial charge in [-0.1, -0.05) is 13.0 Å². The highest BCUT2D eigenvalue weighted by Crippen LogP contribution is 2.38. The SMILES string of the molecule is CC1CC1CN(C)Cc1cc(F)cc(CN)c1. The molecule has 2 nitrogen and oxygen atoms in total. The Kier molecular flexibility index (Phi) is 3.79. The molecule has 0 aliphatic heterocycles. The fourth-order valence-electron chi connectivity index (χ4n) is 2.36. The summed E-state index contributed by atoms with van der Waals surface area (Å²) < 4.78 is 13.3. The third-order valence-electron chi connectivity index (χ3n) is 3.53. The molecular formula is C14H21FN2. The Labute approximate surface area is 103 Å². The lowest BCUT2D eigenvalue weighted by molar-refractivity contribution is 0.307. The second kappa shape index (κ2) is 5.15. The van der Waals surface area contributed by atoms with Crippen LogP contribution in [0.2, 0.25) is 0 Å². The summed E-state index contributed by atoms with van der Waals surface area (Å²) in [6.07, 6.45) is 1.33. The van der Waals surface area contributed by atoms with Crippen molar-refractivity contribution in [1.82, 2.24) is 4.90 Å². The van der Waals surface area contributed by atoms with Gasteiger partial charge in [-0.25, -0.2) is 4.39 Å². The predicted octanol–water partition coefficient (Wildman–Crippen LogP) is 2.37. The van der Waals surface area contributed by atoms with Crippen molar-refractivity contribution in [1.29, 1.82) is 0 Å². The van der Waals surface area contributed by atoms with Crippen LogP contribution in [-0.4, -0.2) is 18.5 Å². The molecule has 1 aromatic carbocycles. The first-order valence-corrected chi connectivity index (χ1v) is 6.25. The zero-order valence-corrected chi connectivity index (χ0v) is 10.6. The molecule has 2 N–H and O–H groups in total. The molecule has 1 aliphatic carbocycles. The summed E-state index contributed by atoms with van der Waals surface area (Å²) in [6, 6.07) is 5.11. The minimum Gasteiger partial charge on any atom is -0.326 e. The molecule has 1 fully saturated rings. The van der Waals surface area contributed by atoms with Crippen molar-refractivity contribution in [3.8, 4) is 0 Å². The molecule has 94 valence electrons. The van der Waals surface area contributed by atoms with Gasteiger partial charge in [0.2, 0.25) is 0 Å². The molecule has 2 unspecified atom stereocenters. The predicted molar refractivity (Wildman–Crippen MR) is 67.9 cm³/mol. The van der Waals surface area contributed by atoms with Crippen LogP contribution in [0.3, 0.4) is 0 Å². The zero-order valence-electron chi connectivity index (χ0n) is 10.6. The number of nitrogens with zero attached hydrogens (tertiary/aromatic N) is 1. The Morgan fingerprint density at radius 2 is 2.00 bits per heavy atom. The van der Waals surface area contributed by atoms with Gasteiger partial charge in [0.05, 0.1) is 0 Å². The molecule has 2 rings (SSSR count). The summed E-state index contributed by atoms with van der Waals surface area (Å²) in [5.41, 5.74) is 7.43. The first-order valence-electron chi connectivity index (χ1n) is 6.25. The highest BCUT2D eigenvalue weighted by molar-refractivity contribution is 5.24. The van der Waals surface area contributed by atoms with E-state index in [1.807, 2.05) is 6.07 Å². The van der Waals surface area contributed by atoms with E-state index in [1.165, 1.54) is 12.5 Å². The Morgan fingerprint density at radius 1 is 1.35 bits per heavy atom. The van der Waals surface area contributed by atoms with Crippen LogP contribution in [0.4, 0.5) is 4.39 Å². The van der Waals surface area contributed by atoms with Crippen LogP contribution in [-0.2, 0) is 13.1 Å². The zero-order chi connectivity index (χ0) is 12.4. The van der Waals surface area contributed by atoms with Crippen LogP contribution in [0.25, 0.3) is 0 Å². The lowest BCUT2D eigenvalue weighted by Gasteiger charge is -2.17. The monoisotopic (exact) mass is 236 g/mol. The lowest BCUT2D eigenvalue weighted by atomic mass is 10.1. The molecule has 0 heterocycles. The molecule has 2 atom stereocenters. The Balaban J connectivity index is 1.94. The van der Waals surface area contributed by atoms with Gasteiger partial charge in [-0.2, -0.15) is 0 Å². The quantitative estimate of drug-likeness (QED) is 0.850. The Hall–Kier alpha value is -0.930. The van der Waals surface area contributed by atoms with E-state index in [1.54, 1.807) is 6.07 Å². The molecule has 0 bridgehead atoms. The van der Waals surface area contributed by atoms with Crippen molar-refractivity contribution in [3.63, 3.8) is 0 Å². The number of hydrogen-bond acceptors (Lipinski definition) is 2. The van der Waals surface area contributed by atoms with E-state index in [4.69, 9.17) is 5.73 Å². The van der Waals surface area contributed by atoms with Gasteiger partial charge in [-0.15, -0.1) is 0 Å². The average Bonchev–Trinajstić information content (AvgIpc) is 2.92. The van der Waals surface area contributed by atoms with E-state index in [9.17, 15) is 4.39 Å². The molecule has 1 aromatic rings. The maximum atomic E-state index is 13.3. The topological polar surface area (TPSA) is 29.3 Å². The standard InChI is InChI=1S/C14H21FN2/c1-10-3-13(10)9-17(2)8-12-4-11(7-16)5-14(15)6-12/h4-6,10,13H,3,7-9,16H2,1-2H3. The highest BCUT2D eigenvalue weighted by atomic mass is 19.1. The van der Waals surface area contributed by atoms with Gasteiger partial charge in [0.15, 0.2) is 0 Å². The van der Waals surface area contributed by atoms with Gasteiger partial charge in [0.25, 0.3) is 0 Å². The van der Waals surface area contributed by atoms with Gasteiger partial charge in [0, 0.05) is 19.6 Å². The summed E-state index contributed by atoms with van der Waals surface area (Å²) in [5.74, 6) is 1.52. The van der Waals surface area contributed by atoms with E-state index in [-0.39, 0.29) is 5.82 Å². The third-order valence-corrected chi connectivity index (χ3v) is 3.53. The molecular weight excluding hydrogens is 215 g/mol. The van der Waals surface area contributed by atoms with E-state index < -0.39 is 0 Å². The molecule has 3 heteroatoms. The first-order chi connectivity index (χ1) is 8.08. The summed E-state index contributed by atoms with van der Waals surface area (Å²) in [7, 11) is 2.10. The Morgan fingerprint density at radius 3 is 2.59 bits per heavy atom. The van der Waals surface area contributed by atoms with Gasteiger partial charge in [0.1, 0.15) is 5.82 Å². The molecule has 0 radical (unpaired) electrons. The largest absolute Gasteiger partial charge is 0.326 e. The smallest absolute Gasteiger partial charge is 0.123 e. The molecule has 0 saturated heterocycles. The molecule has 1 saturated carbocycles. The number of nitrogens with two attached hydrogens (primary N) is 1. The van der Waals surface area contributed by atoms with Gasteiger partial charge in [-0.05, 0) is 48.6 Å². The van der Waals surface area contributed by atoms with E-state index in [0.717, 1.165) is 36.1 Å². The van der Waals surface area contributed by atoms with E-state index in [2.05, 4.69) is 18.9 Å². The third kappa shape index (κ3) is 3.51. The lowest BCUT2D eigenvalue weighted by Crippen LogP contribution is -2.21. The van der Waals surface area contributed by atoms with E-state index >= 15 is 0 Å². The van der Waals surface area contributed by atoms with E-state index in [0.29, 0.717) is 6.54 Å². The van der Waals surface area contributed by atoms with Crippen LogP contribution >= 0.6 is 0 Å². The van der Waals surface area contributed by atoms with Crippen molar-refractivity contribution in [2.75, 3.05) is 13.6 Å². The number of halogens is 1. The van der Waals surface area contributed by atoms with Gasteiger partial charge in [-0.3, -0.25) is 0 Å². The van der Waals surface area contributed by atoms with Crippen molar-refractivity contribution < 1.29 is 4.39 Å². The average molecular weight is 236 g/mol. The fraction of sp³-hybridized carbons (Fsp3) is 0.571. The normalized spacial score (nSPS) is 23.1. The van der Waals surface area contributed by atoms with Crippen molar-refractivity contribution >= 4 is 0 Å². The maximum absolute atomic E-state index is 13.3. The summed E-state index contributed by atoms with van der Waals surface area (Å²) in [4.78, 5) is 2.27. The molecule has 0 aromatic heterocycles. The minimum atomic E-state index is -0.184. The highest BCUT2D eigenvalue weighted by Gasteiger charge is 2.32. The fourth-order valence-corrected chi connectivity index (χ4v) is 2.36. The molecule has 1 aliphatic rings. The van der Waals surface area contributed by atoms with Crippen LogP contribution in [0, 0.1) is 17.7 Å². The molecule has 17 heavy (non-hydrogen) atoms. The van der Waals surface area contributed by atoms with Gasteiger partial charge < -0.3 is 10.6 Å². The van der Waals surface area contributed by atoms with Crippen LogP contribution in [0.1, 0.15) is 24.5 Å². The summed E-state index contributed by atoms with van der Waals surface area (Å²) in [6.45, 7) is 4.59. The maximum Gasteiger partial charge on any atom is 0.123 e. The second-order valence-corrected chi connectivity index (χ2v) is 5.34. The first kappa shape index (κ1) is 12.5. The van der Waals surface area contributed by atoms with Crippen molar-refractivity contribution in [2.24, 2.45) is 17.6 Å². The summed E-state index contributed by atoms with van der Waals surface area (Å²) in [5, 5.41) is 0. The second-order valence-electron chi connectivity index (χ2n) is 5.34. The summed E-state index contributed by atoms with van der Waals surface area (Å²) >= 11 is 0. The minimum absolute atomic E-state index is 0.184.